The van der Waals surface area contributed by atoms with Crippen molar-refractivity contribution in [1.29, 1.82) is 0 Å². The van der Waals surface area contributed by atoms with E-state index in [1.807, 2.05) is 0 Å². The van der Waals surface area contributed by atoms with E-state index in [0.29, 0.717) is 6.20 Å². The lowest BCUT2D eigenvalue weighted by molar-refractivity contribution is -0.141. The molecule has 0 spiro atoms. The fraction of sp³-hybridized carbons (Fsp3) is 0.462. The monoisotopic (exact) mass is 321 g/mol. The molecule has 0 amide bonds. The van der Waals surface area contributed by atoms with Crippen molar-refractivity contribution < 1.29 is 32.2 Å². The molecule has 0 saturated heterocycles. The number of hydrogen-bond donors (Lipinski definition) is 1. The van der Waals surface area contributed by atoms with Gasteiger partial charge in [0.05, 0.1) is 12.7 Å². The van der Waals surface area contributed by atoms with Gasteiger partial charge in [-0.15, -0.1) is 0 Å². The summed E-state index contributed by atoms with van der Waals surface area (Å²) in [4.78, 5) is 37.1. The predicted octanol–water partition coefficient (Wildman–Crippen LogP) is 2.14. The van der Waals surface area contributed by atoms with Gasteiger partial charge in [-0.2, -0.15) is 13.2 Å². The van der Waals surface area contributed by atoms with Crippen molar-refractivity contribution in [3.8, 4) is 0 Å². The summed E-state index contributed by atoms with van der Waals surface area (Å²) in [7, 11) is 0. The smallest absolute Gasteiger partial charge is 0.432 e. The lowest BCUT2D eigenvalue weighted by Gasteiger charge is -2.13. The topological polar surface area (TPSA) is 85.5 Å². The average Bonchev–Trinajstić information content (AvgIpc) is 2.36. The van der Waals surface area contributed by atoms with Gasteiger partial charge in [-0.1, -0.05) is 0 Å². The highest BCUT2D eigenvalue weighted by Gasteiger charge is 2.39. The van der Waals surface area contributed by atoms with Gasteiger partial charge >= 0.3 is 18.1 Å². The zero-order valence-electron chi connectivity index (χ0n) is 12.0. The van der Waals surface area contributed by atoms with Crippen LogP contribution in [0.1, 0.15) is 47.2 Å². The van der Waals surface area contributed by atoms with Crippen LogP contribution in [0.4, 0.5) is 13.2 Å². The lowest BCUT2D eigenvalue weighted by Crippen LogP contribution is -2.30. The second kappa shape index (κ2) is 6.63. The third kappa shape index (κ3) is 3.86. The summed E-state index contributed by atoms with van der Waals surface area (Å²) < 4.78 is 47.8. The van der Waals surface area contributed by atoms with E-state index >= 15 is 0 Å². The van der Waals surface area contributed by atoms with Crippen LogP contribution in [0.2, 0.25) is 0 Å². The normalized spacial score (nSPS) is 11.4. The average molecular weight is 321 g/mol. The van der Waals surface area contributed by atoms with Crippen molar-refractivity contribution in [3.05, 3.63) is 33.2 Å². The largest absolute Gasteiger partial charge is 0.462 e. The number of aromatic amines is 1. The van der Waals surface area contributed by atoms with Gasteiger partial charge in [-0.05, 0) is 20.8 Å². The molecule has 0 fully saturated rings. The van der Waals surface area contributed by atoms with Gasteiger partial charge in [-0.3, -0.25) is 4.79 Å². The molecule has 6 nitrogen and oxygen atoms in total. The van der Waals surface area contributed by atoms with E-state index in [0.717, 1.165) is 0 Å². The van der Waals surface area contributed by atoms with Crippen LogP contribution < -0.4 is 5.43 Å². The van der Waals surface area contributed by atoms with Gasteiger partial charge in [0.1, 0.15) is 16.8 Å². The van der Waals surface area contributed by atoms with Crippen molar-refractivity contribution in [2.24, 2.45) is 0 Å². The summed E-state index contributed by atoms with van der Waals surface area (Å²) >= 11 is 0. The first-order chi connectivity index (χ1) is 10.1. The molecule has 122 valence electrons. The molecule has 0 aromatic carbocycles. The number of alkyl halides is 3. The maximum atomic E-state index is 12.9. The Kier molecular flexibility index (Phi) is 5.34. The number of carbonyl (C=O) groups is 2. The minimum atomic E-state index is -4.98. The quantitative estimate of drug-likeness (QED) is 0.859. The Hall–Kier alpha value is -2.32. The lowest BCUT2D eigenvalue weighted by atomic mass is 10.1. The number of ether oxygens (including phenoxy) is 2. The number of hydrogen-bond acceptors (Lipinski definition) is 5. The molecule has 22 heavy (non-hydrogen) atoms. The highest BCUT2D eigenvalue weighted by atomic mass is 19.4. The standard InChI is InChI=1S/C13H14F3NO5/c1-4-21-12(20)8-9(18)7(11(19)22-6(2)3)5-17-10(8)13(14,15)16/h5-6H,4H2,1-3H3,(H,17,18). The molecular formula is C13H14F3NO5. The molecular weight excluding hydrogens is 307 g/mol. The summed E-state index contributed by atoms with van der Waals surface area (Å²) in [6.07, 6.45) is -5.00. The molecule has 0 aliphatic rings. The van der Waals surface area contributed by atoms with Crippen molar-refractivity contribution >= 4 is 11.9 Å². The van der Waals surface area contributed by atoms with E-state index in [1.165, 1.54) is 20.8 Å². The van der Waals surface area contributed by atoms with Crippen molar-refractivity contribution in [1.82, 2.24) is 4.98 Å². The number of rotatable bonds is 4. The number of esters is 2. The zero-order chi connectivity index (χ0) is 17.1. The van der Waals surface area contributed by atoms with Crippen LogP contribution in [0.15, 0.2) is 11.0 Å². The van der Waals surface area contributed by atoms with Gasteiger partial charge in [0.25, 0.3) is 0 Å². The molecule has 9 heteroatoms. The van der Waals surface area contributed by atoms with Crippen molar-refractivity contribution in [2.45, 2.75) is 33.1 Å². The molecule has 0 bridgehead atoms. The number of nitrogens with one attached hydrogen (secondary N) is 1. The van der Waals surface area contributed by atoms with E-state index in [-0.39, 0.29) is 6.61 Å². The molecule has 0 aliphatic heterocycles. The van der Waals surface area contributed by atoms with Gasteiger partial charge in [-0.25, -0.2) is 9.59 Å². The minimum Gasteiger partial charge on any atom is -0.462 e. The minimum absolute atomic E-state index is 0.226. The van der Waals surface area contributed by atoms with Crippen LogP contribution >= 0.6 is 0 Å². The second-order valence-corrected chi connectivity index (χ2v) is 4.45. The molecule has 1 aromatic rings. The highest BCUT2D eigenvalue weighted by molar-refractivity contribution is 5.95. The van der Waals surface area contributed by atoms with Gasteiger partial charge in [0.2, 0.25) is 5.43 Å². The van der Waals surface area contributed by atoms with Crippen LogP contribution in [-0.2, 0) is 15.7 Å². The first-order valence-electron chi connectivity index (χ1n) is 6.30. The Balaban J connectivity index is 3.50. The fourth-order valence-corrected chi connectivity index (χ4v) is 1.58. The van der Waals surface area contributed by atoms with Gasteiger partial charge in [0, 0.05) is 6.20 Å². The molecule has 1 heterocycles. The van der Waals surface area contributed by atoms with Crippen LogP contribution in [-0.4, -0.2) is 29.6 Å². The third-order valence-corrected chi connectivity index (χ3v) is 2.41. The maximum Gasteiger partial charge on any atom is 0.432 e. The Morgan fingerprint density at radius 3 is 2.32 bits per heavy atom. The molecule has 1 aromatic heterocycles. The maximum absolute atomic E-state index is 12.9. The molecule has 0 aliphatic carbocycles. The number of pyridine rings is 1. The summed E-state index contributed by atoms with van der Waals surface area (Å²) in [6, 6.07) is 0. The van der Waals surface area contributed by atoms with Crippen LogP contribution in [0.5, 0.6) is 0 Å². The van der Waals surface area contributed by atoms with Crippen LogP contribution in [0.3, 0.4) is 0 Å². The molecule has 0 radical (unpaired) electrons. The summed E-state index contributed by atoms with van der Waals surface area (Å²) in [6.45, 7) is 4.15. The zero-order valence-corrected chi connectivity index (χ0v) is 12.0. The number of aromatic nitrogens is 1. The van der Waals surface area contributed by atoms with E-state index in [1.54, 1.807) is 4.98 Å². The molecule has 1 rings (SSSR count). The Morgan fingerprint density at radius 1 is 1.27 bits per heavy atom. The van der Waals surface area contributed by atoms with Gasteiger partial charge < -0.3 is 14.5 Å². The molecule has 0 saturated carbocycles. The summed E-state index contributed by atoms with van der Waals surface area (Å²) in [5.41, 5.74) is -4.94. The first kappa shape index (κ1) is 17.7. The number of carbonyl (C=O) groups excluding carboxylic acids is 2. The number of H-pyrrole nitrogens is 1. The van der Waals surface area contributed by atoms with E-state index < -0.39 is 46.5 Å². The Labute approximate surface area is 123 Å². The molecule has 0 atom stereocenters. The highest BCUT2D eigenvalue weighted by Crippen LogP contribution is 2.29. The summed E-state index contributed by atoms with van der Waals surface area (Å²) in [5, 5.41) is 0. The van der Waals surface area contributed by atoms with E-state index in [9.17, 15) is 27.6 Å². The molecule has 0 unspecified atom stereocenters. The SMILES string of the molecule is CCOC(=O)c1c(C(F)(F)F)[nH]cc(C(=O)OC(C)C)c1=O. The van der Waals surface area contributed by atoms with Crippen molar-refractivity contribution in [3.63, 3.8) is 0 Å². The van der Waals surface area contributed by atoms with E-state index in [2.05, 4.69) is 4.74 Å². The predicted molar refractivity (Wildman–Crippen MR) is 68.6 cm³/mol. The Morgan fingerprint density at radius 2 is 1.86 bits per heavy atom. The Bertz CT molecular complexity index is 634. The van der Waals surface area contributed by atoms with Gasteiger partial charge in [0.15, 0.2) is 0 Å². The van der Waals surface area contributed by atoms with Crippen LogP contribution in [0, 0.1) is 0 Å². The van der Waals surface area contributed by atoms with Crippen LogP contribution in [0.25, 0.3) is 0 Å². The third-order valence-electron chi connectivity index (χ3n) is 2.41. The van der Waals surface area contributed by atoms with Crippen molar-refractivity contribution in [2.75, 3.05) is 6.61 Å². The number of halogens is 3. The summed E-state index contributed by atoms with van der Waals surface area (Å²) in [5.74, 6) is -2.59. The molecule has 1 N–H and O–H groups in total. The second-order valence-electron chi connectivity index (χ2n) is 4.45. The fourth-order valence-electron chi connectivity index (χ4n) is 1.58. The van der Waals surface area contributed by atoms with E-state index in [4.69, 9.17) is 4.74 Å². The first-order valence-corrected chi connectivity index (χ1v) is 6.30.